The van der Waals surface area contributed by atoms with Gasteiger partial charge in [-0.1, -0.05) is 41.7 Å². The predicted molar refractivity (Wildman–Crippen MR) is 112 cm³/mol. The van der Waals surface area contributed by atoms with E-state index in [9.17, 15) is 13.2 Å². The number of nitrogens with two attached hydrogens (primary N) is 1. The lowest BCUT2D eigenvalue weighted by Gasteiger charge is -2.23. The molecule has 9 heteroatoms. The highest BCUT2D eigenvalue weighted by Crippen LogP contribution is 2.23. The lowest BCUT2D eigenvalue weighted by molar-refractivity contribution is 0.0934. The number of nitrogen functional groups attached to an aromatic ring is 1. The van der Waals surface area contributed by atoms with E-state index >= 15 is 0 Å². The zero-order valence-corrected chi connectivity index (χ0v) is 17.6. The Morgan fingerprint density at radius 1 is 1.21 bits per heavy atom. The minimum Gasteiger partial charge on any atom is -0.375 e. The summed E-state index contributed by atoms with van der Waals surface area (Å²) in [6, 6.07) is 9.50. The number of carbonyl (C=O) groups excluding carboxylic acids is 1. The summed E-state index contributed by atoms with van der Waals surface area (Å²) in [5.41, 5.74) is 6.60. The Labute approximate surface area is 170 Å². The molecule has 0 radical (unpaired) electrons. The van der Waals surface area contributed by atoms with E-state index in [1.807, 2.05) is 37.4 Å². The number of ketones is 1. The molecule has 1 aliphatic heterocycles. The summed E-state index contributed by atoms with van der Waals surface area (Å²) < 4.78 is 27.7. The van der Waals surface area contributed by atoms with Crippen molar-refractivity contribution in [3.63, 3.8) is 0 Å². The molecule has 0 amide bonds. The minimum absolute atomic E-state index is 0.206. The molecule has 2 N–H and O–H groups in total. The maximum Gasteiger partial charge on any atom is 0.214 e. The van der Waals surface area contributed by atoms with Crippen molar-refractivity contribution >= 4 is 32.3 Å². The molecule has 1 aliphatic rings. The fraction of sp³-hybridized carbons (Fsp3) is 0.474. The number of Topliss-reactive ketones (excluding diaryl/α,β-unsaturated/α-hetero) is 1. The maximum absolute atomic E-state index is 13.1. The van der Waals surface area contributed by atoms with Gasteiger partial charge in [-0.15, -0.1) is 0 Å². The number of anilines is 1. The summed E-state index contributed by atoms with van der Waals surface area (Å²) in [5, 5.41) is 0.306. The van der Waals surface area contributed by atoms with Crippen LogP contribution in [0.1, 0.15) is 21.7 Å². The Morgan fingerprint density at radius 2 is 1.96 bits per heavy atom. The molecule has 0 unspecified atom stereocenters. The van der Waals surface area contributed by atoms with Gasteiger partial charge in [0.15, 0.2) is 10.9 Å². The molecule has 2 heterocycles. The van der Waals surface area contributed by atoms with Crippen LogP contribution in [0, 0.1) is 5.92 Å². The molecule has 28 heavy (non-hydrogen) atoms. The highest BCUT2D eigenvalue weighted by molar-refractivity contribution is 7.89. The third-order valence-electron chi connectivity index (χ3n) is 4.95. The Bertz CT molecular complexity index is 899. The van der Waals surface area contributed by atoms with E-state index in [1.165, 1.54) is 10.5 Å². The highest BCUT2D eigenvalue weighted by Gasteiger charge is 2.32. The molecule has 3 rings (SSSR count). The smallest absolute Gasteiger partial charge is 0.214 e. The summed E-state index contributed by atoms with van der Waals surface area (Å²) >= 11 is 1.10. The largest absolute Gasteiger partial charge is 0.375 e. The summed E-state index contributed by atoms with van der Waals surface area (Å²) in [4.78, 5) is 19.5. The Kier molecular flexibility index (Phi) is 6.82. The van der Waals surface area contributed by atoms with Crippen LogP contribution in [0.5, 0.6) is 0 Å². The van der Waals surface area contributed by atoms with E-state index in [4.69, 9.17) is 5.73 Å². The average molecular weight is 423 g/mol. The van der Waals surface area contributed by atoms with Gasteiger partial charge < -0.3 is 10.6 Å². The highest BCUT2D eigenvalue weighted by atomic mass is 32.2. The molecule has 7 nitrogen and oxygen atoms in total. The van der Waals surface area contributed by atoms with E-state index in [0.717, 1.165) is 29.9 Å². The Hall–Kier alpha value is -1.81. The zero-order chi connectivity index (χ0) is 20.1. The molecule has 152 valence electrons. The summed E-state index contributed by atoms with van der Waals surface area (Å²) in [5.74, 6) is -1.09. The van der Waals surface area contributed by atoms with E-state index in [1.54, 1.807) is 0 Å². The van der Waals surface area contributed by atoms with Gasteiger partial charge in [-0.2, -0.15) is 0 Å². The number of carbonyl (C=O) groups is 1. The van der Waals surface area contributed by atoms with Crippen LogP contribution in [-0.4, -0.2) is 67.4 Å². The lowest BCUT2D eigenvalue weighted by atomic mass is 9.96. The normalized spacial score (nSPS) is 17.9. The standard InChI is InChI=1S/C19H26N4O3S2/c1-22-8-5-9-23(11-10-22)28(25,26)14-16(12-15-6-3-2-4-7-15)18(24)17-13-21-19(20)27-17/h2-4,6-7,13,16H,5,8-12,14H2,1H3,(H2,20,21)/t16-/m1/s1. The van der Waals surface area contributed by atoms with Crippen molar-refractivity contribution in [2.24, 2.45) is 5.92 Å². The van der Waals surface area contributed by atoms with Gasteiger partial charge in [0.25, 0.3) is 0 Å². The molecular formula is C19H26N4O3S2. The number of rotatable bonds is 7. The summed E-state index contributed by atoms with van der Waals surface area (Å²) in [6.07, 6.45) is 2.59. The number of hydrogen-bond donors (Lipinski definition) is 1. The van der Waals surface area contributed by atoms with Crippen molar-refractivity contribution in [3.8, 4) is 0 Å². The molecule has 0 saturated carbocycles. The number of nitrogens with zero attached hydrogens (tertiary/aromatic N) is 3. The van der Waals surface area contributed by atoms with Crippen LogP contribution in [-0.2, 0) is 16.4 Å². The first kappa shape index (κ1) is 20.9. The van der Waals surface area contributed by atoms with Crippen LogP contribution in [0.15, 0.2) is 36.5 Å². The van der Waals surface area contributed by atoms with Gasteiger partial charge in [-0.3, -0.25) is 4.79 Å². The third kappa shape index (κ3) is 5.38. The van der Waals surface area contributed by atoms with Gasteiger partial charge in [0, 0.05) is 25.6 Å². The van der Waals surface area contributed by atoms with E-state index in [0.29, 0.717) is 36.1 Å². The van der Waals surface area contributed by atoms with Crippen LogP contribution in [0.2, 0.25) is 0 Å². The van der Waals surface area contributed by atoms with Crippen LogP contribution < -0.4 is 5.73 Å². The SMILES string of the molecule is CN1CCCN(S(=O)(=O)C[C@@H](Cc2ccccc2)C(=O)c2cnc(N)s2)CC1. The van der Waals surface area contributed by atoms with Gasteiger partial charge in [-0.25, -0.2) is 17.7 Å². The molecule has 2 aromatic rings. The molecular weight excluding hydrogens is 396 g/mol. The summed E-state index contributed by atoms with van der Waals surface area (Å²) in [7, 11) is -1.56. The van der Waals surface area contributed by atoms with E-state index in [-0.39, 0.29) is 11.5 Å². The zero-order valence-electron chi connectivity index (χ0n) is 16.0. The number of benzene rings is 1. The van der Waals surface area contributed by atoms with Crippen molar-refractivity contribution in [2.75, 3.05) is 44.7 Å². The molecule has 1 saturated heterocycles. The second-order valence-corrected chi connectivity index (χ2v) is 10.2. The van der Waals surface area contributed by atoms with Gasteiger partial charge in [0.2, 0.25) is 10.0 Å². The van der Waals surface area contributed by atoms with Crippen LogP contribution in [0.4, 0.5) is 5.13 Å². The van der Waals surface area contributed by atoms with E-state index in [2.05, 4.69) is 9.88 Å². The van der Waals surface area contributed by atoms with Gasteiger partial charge in [-0.05, 0) is 32.0 Å². The third-order valence-corrected chi connectivity index (χ3v) is 7.76. The van der Waals surface area contributed by atoms with E-state index < -0.39 is 15.9 Å². The molecule has 0 aliphatic carbocycles. The number of hydrogen-bond acceptors (Lipinski definition) is 7. The van der Waals surface area contributed by atoms with Crippen molar-refractivity contribution in [1.29, 1.82) is 0 Å². The maximum atomic E-state index is 13.1. The quantitative estimate of drug-likeness (QED) is 0.683. The second kappa shape index (κ2) is 9.13. The Morgan fingerprint density at radius 3 is 2.64 bits per heavy atom. The molecule has 1 atom stereocenters. The first-order valence-electron chi connectivity index (χ1n) is 9.31. The van der Waals surface area contributed by atoms with Crippen molar-refractivity contribution < 1.29 is 13.2 Å². The van der Waals surface area contributed by atoms with Crippen LogP contribution >= 0.6 is 11.3 Å². The fourth-order valence-electron chi connectivity index (χ4n) is 3.39. The van der Waals surface area contributed by atoms with Crippen molar-refractivity contribution in [2.45, 2.75) is 12.8 Å². The first-order chi connectivity index (χ1) is 13.3. The van der Waals surface area contributed by atoms with Gasteiger partial charge in [0.05, 0.1) is 16.8 Å². The number of likely N-dealkylation sites (N-methyl/N-ethyl adjacent to an activating group) is 1. The van der Waals surface area contributed by atoms with Gasteiger partial charge in [0.1, 0.15) is 0 Å². The van der Waals surface area contributed by atoms with Crippen molar-refractivity contribution in [1.82, 2.24) is 14.2 Å². The Balaban J connectivity index is 1.82. The summed E-state index contributed by atoms with van der Waals surface area (Å²) in [6.45, 7) is 2.52. The van der Waals surface area contributed by atoms with Gasteiger partial charge >= 0.3 is 0 Å². The average Bonchev–Trinajstić information content (AvgIpc) is 2.97. The predicted octanol–water partition coefficient (Wildman–Crippen LogP) is 1.73. The number of thiazole rings is 1. The van der Waals surface area contributed by atoms with Crippen LogP contribution in [0.25, 0.3) is 0 Å². The number of aromatic nitrogens is 1. The monoisotopic (exact) mass is 422 g/mol. The molecule has 0 spiro atoms. The number of sulfonamides is 1. The fourth-order valence-corrected chi connectivity index (χ4v) is 5.85. The molecule has 1 aromatic heterocycles. The second-order valence-electron chi connectivity index (χ2n) is 7.15. The lowest BCUT2D eigenvalue weighted by Crippen LogP contribution is -2.39. The molecule has 1 aromatic carbocycles. The van der Waals surface area contributed by atoms with Crippen LogP contribution in [0.3, 0.4) is 0 Å². The molecule has 1 fully saturated rings. The minimum atomic E-state index is -3.56. The first-order valence-corrected chi connectivity index (χ1v) is 11.7. The topological polar surface area (TPSA) is 96.6 Å². The van der Waals surface area contributed by atoms with Crippen molar-refractivity contribution in [3.05, 3.63) is 47.0 Å². The molecule has 0 bridgehead atoms.